The van der Waals surface area contributed by atoms with Gasteiger partial charge in [0.05, 0.1) is 9.79 Å². The van der Waals surface area contributed by atoms with Gasteiger partial charge in [0.25, 0.3) is 0 Å². The minimum atomic E-state index is -3.74. The first-order valence-electron chi connectivity index (χ1n) is 12.0. The van der Waals surface area contributed by atoms with E-state index in [1.807, 2.05) is 74.5 Å². The SMILES string of the molecule is C[C@H](NS(=O)(=O)c1ccc2c(c1)Cc1cc(S(=O)(=O)N[C@@H](C)c3ccccc3)ccc1-2)c1ccccc1. The van der Waals surface area contributed by atoms with Crippen molar-refractivity contribution in [3.8, 4) is 11.1 Å². The van der Waals surface area contributed by atoms with Crippen molar-refractivity contribution in [3.05, 3.63) is 119 Å². The van der Waals surface area contributed by atoms with Gasteiger partial charge in [-0.05, 0) is 77.9 Å². The van der Waals surface area contributed by atoms with Crippen LogP contribution in [0.25, 0.3) is 11.1 Å². The first-order chi connectivity index (χ1) is 17.6. The predicted molar refractivity (Wildman–Crippen MR) is 145 cm³/mol. The van der Waals surface area contributed by atoms with E-state index in [1.54, 1.807) is 36.4 Å². The Bertz CT molecular complexity index is 1530. The molecular formula is C29H28N2O4S2. The summed E-state index contributed by atoms with van der Waals surface area (Å²) in [7, 11) is -7.49. The maximum atomic E-state index is 13.1. The molecule has 2 atom stereocenters. The lowest BCUT2D eigenvalue weighted by molar-refractivity contribution is 0.565. The maximum absolute atomic E-state index is 13.1. The van der Waals surface area contributed by atoms with Crippen LogP contribution >= 0.6 is 0 Å². The lowest BCUT2D eigenvalue weighted by atomic mass is 10.1. The van der Waals surface area contributed by atoms with Gasteiger partial charge in [0, 0.05) is 12.1 Å². The highest BCUT2D eigenvalue weighted by Crippen LogP contribution is 2.39. The van der Waals surface area contributed by atoms with Crippen molar-refractivity contribution in [1.29, 1.82) is 0 Å². The first-order valence-corrected chi connectivity index (χ1v) is 15.0. The number of hydrogen-bond acceptors (Lipinski definition) is 4. The molecule has 0 unspecified atom stereocenters. The van der Waals surface area contributed by atoms with E-state index in [9.17, 15) is 16.8 Å². The zero-order chi connectivity index (χ0) is 26.2. The molecule has 0 saturated carbocycles. The largest absolute Gasteiger partial charge is 0.241 e. The van der Waals surface area contributed by atoms with Crippen molar-refractivity contribution in [3.63, 3.8) is 0 Å². The molecule has 37 heavy (non-hydrogen) atoms. The Kier molecular flexibility index (Phi) is 6.76. The van der Waals surface area contributed by atoms with Crippen LogP contribution in [0.4, 0.5) is 0 Å². The normalized spacial score (nSPS) is 14.5. The number of fused-ring (bicyclic) bond motifs is 3. The summed E-state index contributed by atoms with van der Waals surface area (Å²) in [6.45, 7) is 3.62. The Morgan fingerprint density at radius 1 is 0.568 bits per heavy atom. The van der Waals surface area contributed by atoms with Gasteiger partial charge in [0.15, 0.2) is 0 Å². The minimum absolute atomic E-state index is 0.188. The van der Waals surface area contributed by atoms with E-state index in [1.165, 1.54) is 0 Å². The van der Waals surface area contributed by atoms with Gasteiger partial charge in [-0.1, -0.05) is 72.8 Å². The lowest BCUT2D eigenvalue weighted by Crippen LogP contribution is -2.27. The molecule has 2 N–H and O–H groups in total. The van der Waals surface area contributed by atoms with Gasteiger partial charge in [-0.2, -0.15) is 0 Å². The Balaban J connectivity index is 1.36. The van der Waals surface area contributed by atoms with Gasteiger partial charge in [-0.15, -0.1) is 0 Å². The van der Waals surface area contributed by atoms with Gasteiger partial charge >= 0.3 is 0 Å². The summed E-state index contributed by atoms with van der Waals surface area (Å²) in [6.07, 6.45) is 0.458. The summed E-state index contributed by atoms with van der Waals surface area (Å²) in [4.78, 5) is 0.376. The third kappa shape index (κ3) is 5.24. The molecule has 5 rings (SSSR count). The minimum Gasteiger partial charge on any atom is -0.207 e. The predicted octanol–water partition coefficient (Wildman–Crippen LogP) is 5.34. The molecule has 0 aliphatic heterocycles. The van der Waals surface area contributed by atoms with Crippen LogP contribution in [-0.4, -0.2) is 16.8 Å². The van der Waals surface area contributed by atoms with Gasteiger partial charge < -0.3 is 0 Å². The summed E-state index contributed by atoms with van der Waals surface area (Å²) in [5, 5.41) is 0. The van der Waals surface area contributed by atoms with Crippen LogP contribution < -0.4 is 9.44 Å². The van der Waals surface area contributed by atoms with Crippen LogP contribution in [0.2, 0.25) is 0 Å². The standard InChI is InChI=1S/C29H28N2O4S2/c1-20(22-9-5-3-6-10-22)30-36(32,33)26-13-15-28-24(18-26)17-25-19-27(14-16-29(25)28)37(34,35)31-21(2)23-11-7-4-8-12-23/h3-16,18-21,30-31H,17H2,1-2H3/t20-,21-/m0/s1. The quantitative estimate of drug-likeness (QED) is 0.282. The van der Waals surface area contributed by atoms with E-state index >= 15 is 0 Å². The summed E-state index contributed by atoms with van der Waals surface area (Å²) in [5.74, 6) is 0. The highest BCUT2D eigenvalue weighted by atomic mass is 32.2. The van der Waals surface area contributed by atoms with E-state index in [0.29, 0.717) is 6.42 Å². The van der Waals surface area contributed by atoms with Gasteiger partial charge in [0.2, 0.25) is 20.0 Å². The molecule has 0 saturated heterocycles. The average molecular weight is 533 g/mol. The Morgan fingerprint density at radius 2 is 0.946 bits per heavy atom. The van der Waals surface area contributed by atoms with E-state index in [0.717, 1.165) is 33.4 Å². The molecule has 6 nitrogen and oxygen atoms in total. The number of benzene rings is 4. The van der Waals surface area contributed by atoms with Crippen molar-refractivity contribution < 1.29 is 16.8 Å². The summed E-state index contributed by atoms with van der Waals surface area (Å²) in [5.41, 5.74) is 5.29. The van der Waals surface area contributed by atoms with Gasteiger partial charge in [-0.3, -0.25) is 0 Å². The fourth-order valence-corrected chi connectivity index (χ4v) is 7.28. The molecule has 0 spiro atoms. The monoisotopic (exact) mass is 532 g/mol. The fourth-order valence-electron chi connectivity index (χ4n) is 4.72. The zero-order valence-electron chi connectivity index (χ0n) is 20.5. The Hall–Kier alpha value is -3.30. The van der Waals surface area contributed by atoms with Crippen LogP contribution in [0.15, 0.2) is 107 Å². The van der Waals surface area contributed by atoms with Crippen molar-refractivity contribution in [2.45, 2.75) is 42.1 Å². The topological polar surface area (TPSA) is 92.3 Å². The molecule has 0 fully saturated rings. The van der Waals surface area contributed by atoms with Crippen molar-refractivity contribution >= 4 is 20.0 Å². The highest BCUT2D eigenvalue weighted by Gasteiger charge is 2.26. The molecule has 1 aliphatic rings. The smallest absolute Gasteiger partial charge is 0.207 e. The first kappa shape index (κ1) is 25.4. The maximum Gasteiger partial charge on any atom is 0.241 e. The fraction of sp³-hybridized carbons (Fsp3) is 0.172. The molecule has 0 amide bonds. The second-order valence-corrected chi connectivity index (χ2v) is 12.7. The zero-order valence-corrected chi connectivity index (χ0v) is 22.2. The molecule has 4 aromatic rings. The van der Waals surface area contributed by atoms with Crippen LogP contribution in [0.5, 0.6) is 0 Å². The van der Waals surface area contributed by atoms with Crippen LogP contribution in [0.3, 0.4) is 0 Å². The molecule has 8 heteroatoms. The number of sulfonamides is 2. The molecule has 4 aromatic carbocycles. The summed E-state index contributed by atoms with van der Waals surface area (Å²) >= 11 is 0. The van der Waals surface area contributed by atoms with Crippen molar-refractivity contribution in [2.75, 3.05) is 0 Å². The van der Waals surface area contributed by atoms with E-state index < -0.39 is 20.0 Å². The highest BCUT2D eigenvalue weighted by molar-refractivity contribution is 7.89. The summed E-state index contributed by atoms with van der Waals surface area (Å²) in [6, 6.07) is 28.2. The third-order valence-electron chi connectivity index (χ3n) is 6.71. The van der Waals surface area contributed by atoms with Crippen molar-refractivity contribution in [2.24, 2.45) is 0 Å². The lowest BCUT2D eigenvalue weighted by Gasteiger charge is -2.15. The molecule has 0 heterocycles. The van der Waals surface area contributed by atoms with Crippen molar-refractivity contribution in [1.82, 2.24) is 9.44 Å². The molecule has 190 valence electrons. The van der Waals surface area contributed by atoms with E-state index in [2.05, 4.69) is 9.44 Å². The number of nitrogens with one attached hydrogen (secondary N) is 2. The van der Waals surface area contributed by atoms with Gasteiger partial charge in [-0.25, -0.2) is 26.3 Å². The number of hydrogen-bond donors (Lipinski definition) is 2. The molecule has 0 bridgehead atoms. The van der Waals surface area contributed by atoms with Crippen LogP contribution in [0, 0.1) is 0 Å². The summed E-state index contributed by atoms with van der Waals surface area (Å²) < 4.78 is 57.9. The van der Waals surface area contributed by atoms with Gasteiger partial charge in [0.1, 0.15) is 0 Å². The Labute approximate surface area is 218 Å². The molecular weight excluding hydrogens is 504 g/mol. The Morgan fingerprint density at radius 3 is 1.32 bits per heavy atom. The molecule has 0 radical (unpaired) electrons. The second-order valence-electron chi connectivity index (χ2n) is 9.32. The van der Waals surface area contributed by atoms with Crippen LogP contribution in [-0.2, 0) is 26.5 Å². The van der Waals surface area contributed by atoms with E-state index in [4.69, 9.17) is 0 Å². The van der Waals surface area contributed by atoms with Crippen LogP contribution in [0.1, 0.15) is 48.2 Å². The number of rotatable bonds is 8. The molecule has 1 aliphatic carbocycles. The third-order valence-corrected chi connectivity index (χ3v) is 9.78. The average Bonchev–Trinajstić information content (AvgIpc) is 3.26. The molecule has 0 aromatic heterocycles. The second kappa shape index (κ2) is 9.87. The van der Waals surface area contributed by atoms with E-state index in [-0.39, 0.29) is 21.9 Å².